The molecule has 0 radical (unpaired) electrons. The van der Waals surface area contributed by atoms with Crippen LogP contribution in [0, 0.1) is 18.3 Å². The number of aryl methyl sites for hydroxylation is 1. The van der Waals surface area contributed by atoms with Crippen LogP contribution in [-0.4, -0.2) is 47.1 Å². The van der Waals surface area contributed by atoms with E-state index in [4.69, 9.17) is 46.4 Å². The fraction of sp³-hybridized carbons (Fsp3) is 0.207. The minimum Gasteiger partial charge on any atom is -0.347 e. The van der Waals surface area contributed by atoms with Crippen LogP contribution >= 0.6 is 46.4 Å². The molecule has 15 heteroatoms. The summed E-state index contributed by atoms with van der Waals surface area (Å²) in [6.45, 7) is 7.25. The van der Waals surface area contributed by atoms with Gasteiger partial charge >= 0.3 is 0 Å². The molecule has 0 aliphatic heterocycles. The average Bonchev–Trinajstić information content (AvgIpc) is 3.56. The zero-order valence-electron chi connectivity index (χ0n) is 23.7. The summed E-state index contributed by atoms with van der Waals surface area (Å²) in [5.74, 6) is -0.857. The molecule has 0 bridgehead atoms. The number of hydrogen-bond acceptors (Lipinski definition) is 7. The Hall–Kier alpha value is -4.21. The van der Waals surface area contributed by atoms with Crippen molar-refractivity contribution in [2.75, 3.05) is 5.32 Å². The van der Waals surface area contributed by atoms with Gasteiger partial charge in [0.2, 0.25) is 0 Å². The van der Waals surface area contributed by atoms with E-state index in [9.17, 15) is 14.9 Å². The maximum absolute atomic E-state index is 13.9. The summed E-state index contributed by atoms with van der Waals surface area (Å²) >= 11 is 25.2. The first-order chi connectivity index (χ1) is 20.8. The average molecular weight is 671 g/mol. The molecule has 44 heavy (non-hydrogen) atoms. The monoisotopic (exact) mass is 669 g/mol. The number of nitrogens with zero attached hydrogens (tertiary/aromatic N) is 7. The Morgan fingerprint density at radius 3 is 2.45 bits per heavy atom. The van der Waals surface area contributed by atoms with Crippen molar-refractivity contribution in [1.82, 2.24) is 35.1 Å². The van der Waals surface area contributed by atoms with Crippen LogP contribution in [0.15, 0.2) is 42.6 Å². The van der Waals surface area contributed by atoms with Crippen LogP contribution in [-0.2, 0) is 6.54 Å². The van der Waals surface area contributed by atoms with Crippen molar-refractivity contribution in [1.29, 1.82) is 5.26 Å². The third kappa shape index (κ3) is 6.21. The molecule has 2 aromatic carbocycles. The summed E-state index contributed by atoms with van der Waals surface area (Å²) in [6, 6.07) is 11.5. The summed E-state index contributed by atoms with van der Waals surface area (Å²) in [5.41, 5.74) is 1.90. The van der Waals surface area contributed by atoms with Gasteiger partial charge in [0.15, 0.2) is 5.82 Å². The lowest BCUT2D eigenvalue weighted by Crippen LogP contribution is -2.41. The topological polar surface area (TPSA) is 143 Å². The number of nitrogens with one attached hydrogen (secondary N) is 2. The summed E-state index contributed by atoms with van der Waals surface area (Å²) in [6.07, 6.45) is 1.52. The SMILES string of the molecule is Cc1cc(C#N)cc(C(=O)NC(C)(C)C)c1NC(=O)c1cc(Cn2nnc3c(Cl)c(Cl)c(Cl)cc32)nn1-c1ncccc1Cl. The zero-order chi connectivity index (χ0) is 31.9. The van der Waals surface area contributed by atoms with E-state index < -0.39 is 17.4 Å². The summed E-state index contributed by atoms with van der Waals surface area (Å²) in [5, 5.41) is 28.9. The number of amides is 2. The summed E-state index contributed by atoms with van der Waals surface area (Å²) in [7, 11) is 0. The number of hydrogen-bond donors (Lipinski definition) is 2. The molecule has 0 aliphatic rings. The first-order valence-electron chi connectivity index (χ1n) is 13.0. The molecule has 0 fully saturated rings. The quantitative estimate of drug-likeness (QED) is 0.193. The van der Waals surface area contributed by atoms with Crippen LogP contribution < -0.4 is 10.6 Å². The van der Waals surface area contributed by atoms with Crippen LogP contribution in [0.2, 0.25) is 20.1 Å². The highest BCUT2D eigenvalue weighted by Crippen LogP contribution is 2.36. The van der Waals surface area contributed by atoms with Crippen LogP contribution in [0.5, 0.6) is 0 Å². The van der Waals surface area contributed by atoms with Crippen molar-refractivity contribution in [2.24, 2.45) is 0 Å². The molecule has 3 aromatic heterocycles. The number of nitriles is 1. The Bertz CT molecular complexity index is 2000. The number of carbonyl (C=O) groups excluding carboxylic acids is 2. The Balaban J connectivity index is 1.58. The highest BCUT2D eigenvalue weighted by atomic mass is 35.5. The van der Waals surface area contributed by atoms with Crippen LogP contribution in [0.1, 0.15) is 58.4 Å². The smallest absolute Gasteiger partial charge is 0.274 e. The van der Waals surface area contributed by atoms with Gasteiger partial charge in [0.25, 0.3) is 11.8 Å². The fourth-order valence-corrected chi connectivity index (χ4v) is 5.26. The second kappa shape index (κ2) is 12.1. The van der Waals surface area contributed by atoms with E-state index in [0.717, 1.165) is 0 Å². The fourth-order valence-electron chi connectivity index (χ4n) is 4.43. The molecule has 0 unspecified atom stereocenters. The molecule has 0 saturated heterocycles. The molecule has 5 aromatic rings. The van der Waals surface area contributed by atoms with Gasteiger partial charge in [0.05, 0.1) is 60.7 Å². The van der Waals surface area contributed by atoms with Gasteiger partial charge in [-0.1, -0.05) is 51.6 Å². The van der Waals surface area contributed by atoms with E-state index in [0.29, 0.717) is 22.3 Å². The third-order valence-electron chi connectivity index (χ3n) is 6.33. The highest BCUT2D eigenvalue weighted by Gasteiger charge is 2.25. The summed E-state index contributed by atoms with van der Waals surface area (Å²) < 4.78 is 2.81. The predicted octanol–water partition coefficient (Wildman–Crippen LogP) is 6.63. The number of rotatable bonds is 6. The molecule has 3 heterocycles. The van der Waals surface area contributed by atoms with Gasteiger partial charge in [-0.05, 0) is 69.7 Å². The standard InChI is InChI=1S/C29H23Cl4N9O2/c1-14-8-15(12-34)9-17(27(43)37-29(2,3)4)24(14)36-28(44)21-10-16(39-42(21)26-18(30)6-5-7-35-26)13-41-20-11-19(31)22(32)23(33)25(20)38-40-41/h5-11H,13H2,1-4H3,(H,36,44)(H,37,43). The van der Waals surface area contributed by atoms with Gasteiger partial charge < -0.3 is 10.6 Å². The van der Waals surface area contributed by atoms with Crippen molar-refractivity contribution in [3.05, 3.63) is 90.8 Å². The van der Waals surface area contributed by atoms with E-state index in [1.54, 1.807) is 37.3 Å². The molecule has 0 atom stereocenters. The maximum Gasteiger partial charge on any atom is 0.274 e. The van der Waals surface area contributed by atoms with Gasteiger partial charge in [0.1, 0.15) is 11.2 Å². The lowest BCUT2D eigenvalue weighted by molar-refractivity contribution is 0.0920. The lowest BCUT2D eigenvalue weighted by atomic mass is 10.0. The molecule has 11 nitrogen and oxygen atoms in total. The number of carbonyl (C=O) groups is 2. The second-order valence-electron chi connectivity index (χ2n) is 10.8. The first kappa shape index (κ1) is 31.2. The van der Waals surface area contributed by atoms with Gasteiger partial charge in [-0.2, -0.15) is 10.4 Å². The van der Waals surface area contributed by atoms with Crippen molar-refractivity contribution in [2.45, 2.75) is 39.8 Å². The normalized spacial score (nSPS) is 11.4. The van der Waals surface area contributed by atoms with Crippen LogP contribution in [0.25, 0.3) is 16.9 Å². The second-order valence-corrected chi connectivity index (χ2v) is 12.4. The highest BCUT2D eigenvalue weighted by molar-refractivity contribution is 6.50. The Labute approximate surface area is 271 Å². The number of halogens is 4. The first-order valence-corrected chi connectivity index (χ1v) is 14.5. The number of aromatic nitrogens is 6. The van der Waals surface area contributed by atoms with Crippen molar-refractivity contribution >= 4 is 74.9 Å². The van der Waals surface area contributed by atoms with E-state index in [1.807, 2.05) is 20.8 Å². The van der Waals surface area contributed by atoms with Gasteiger partial charge in [0, 0.05) is 11.7 Å². The molecule has 0 spiro atoms. The largest absolute Gasteiger partial charge is 0.347 e. The Kier molecular flexibility index (Phi) is 8.55. The Morgan fingerprint density at radius 1 is 1.02 bits per heavy atom. The predicted molar refractivity (Wildman–Crippen MR) is 169 cm³/mol. The van der Waals surface area contributed by atoms with E-state index in [1.165, 1.54) is 21.6 Å². The zero-order valence-corrected chi connectivity index (χ0v) is 26.7. The molecule has 0 aliphatic carbocycles. The van der Waals surface area contributed by atoms with Crippen molar-refractivity contribution < 1.29 is 9.59 Å². The number of fused-ring (bicyclic) bond motifs is 1. The van der Waals surface area contributed by atoms with E-state index >= 15 is 0 Å². The number of benzene rings is 2. The molecule has 0 saturated carbocycles. The molecule has 2 amide bonds. The van der Waals surface area contributed by atoms with Gasteiger partial charge in [-0.3, -0.25) is 9.59 Å². The van der Waals surface area contributed by atoms with Crippen molar-refractivity contribution in [3.63, 3.8) is 0 Å². The number of anilines is 1. The minimum absolute atomic E-state index is 0.0649. The van der Waals surface area contributed by atoms with E-state index in [-0.39, 0.29) is 55.0 Å². The van der Waals surface area contributed by atoms with E-state index in [2.05, 4.69) is 37.1 Å². The minimum atomic E-state index is -0.607. The molecular formula is C29H23Cl4N9O2. The van der Waals surface area contributed by atoms with Gasteiger partial charge in [-0.25, -0.2) is 14.3 Å². The van der Waals surface area contributed by atoms with Crippen LogP contribution in [0.4, 0.5) is 5.69 Å². The molecule has 5 rings (SSSR count). The third-order valence-corrected chi connectivity index (χ3v) is 7.87. The maximum atomic E-state index is 13.9. The molecule has 224 valence electrons. The number of pyridine rings is 1. The van der Waals surface area contributed by atoms with Crippen molar-refractivity contribution in [3.8, 4) is 11.9 Å². The lowest BCUT2D eigenvalue weighted by Gasteiger charge is -2.22. The van der Waals surface area contributed by atoms with Crippen LogP contribution in [0.3, 0.4) is 0 Å². The Morgan fingerprint density at radius 2 is 1.77 bits per heavy atom. The molecular weight excluding hydrogens is 648 g/mol. The van der Waals surface area contributed by atoms with Gasteiger partial charge in [-0.15, -0.1) is 5.10 Å². The summed E-state index contributed by atoms with van der Waals surface area (Å²) in [4.78, 5) is 31.5. The molecule has 2 N–H and O–H groups in total.